The van der Waals surface area contributed by atoms with Crippen molar-refractivity contribution in [2.75, 3.05) is 30.0 Å². The molecule has 2 aliphatic heterocycles. The van der Waals surface area contributed by atoms with Crippen LogP contribution < -0.4 is 14.5 Å². The van der Waals surface area contributed by atoms with Crippen molar-refractivity contribution in [3.8, 4) is 5.75 Å². The van der Waals surface area contributed by atoms with Gasteiger partial charge < -0.3 is 14.7 Å². The average molecular weight is 487 g/mol. The lowest BCUT2D eigenvalue weighted by atomic mass is 9.94. The SMILES string of the molecule is COc1ccc(F)cc1/C(O)=C1\C(=O)C(=O)N(c2ccc(N3CCCC3)cc2)C1c1cccc(C)c1. The van der Waals surface area contributed by atoms with E-state index in [0.717, 1.165) is 43.2 Å². The number of aryl methyl sites for hydroxylation is 1. The van der Waals surface area contributed by atoms with E-state index in [1.54, 1.807) is 0 Å². The molecule has 2 heterocycles. The van der Waals surface area contributed by atoms with Gasteiger partial charge in [-0.05, 0) is 67.8 Å². The van der Waals surface area contributed by atoms with Crippen LogP contribution in [-0.2, 0) is 9.59 Å². The Morgan fingerprint density at radius 2 is 1.67 bits per heavy atom. The van der Waals surface area contributed by atoms with Gasteiger partial charge in [-0.25, -0.2) is 4.39 Å². The highest BCUT2D eigenvalue weighted by atomic mass is 19.1. The Bertz CT molecular complexity index is 1360. The summed E-state index contributed by atoms with van der Waals surface area (Å²) in [7, 11) is 1.39. The molecule has 1 amide bonds. The minimum Gasteiger partial charge on any atom is -0.507 e. The van der Waals surface area contributed by atoms with Gasteiger partial charge >= 0.3 is 0 Å². The Morgan fingerprint density at radius 1 is 0.972 bits per heavy atom. The molecule has 0 bridgehead atoms. The van der Waals surface area contributed by atoms with Crippen LogP contribution >= 0.6 is 0 Å². The number of hydrogen-bond donors (Lipinski definition) is 1. The number of methoxy groups -OCH3 is 1. The molecule has 1 N–H and O–H groups in total. The minimum absolute atomic E-state index is 0.0116. The topological polar surface area (TPSA) is 70.1 Å². The normalized spacial score (nSPS) is 19.2. The van der Waals surface area contributed by atoms with E-state index in [1.807, 2.05) is 55.5 Å². The van der Waals surface area contributed by atoms with Gasteiger partial charge in [-0.1, -0.05) is 29.8 Å². The first-order valence-electron chi connectivity index (χ1n) is 12.0. The summed E-state index contributed by atoms with van der Waals surface area (Å²) in [6.45, 7) is 3.89. The van der Waals surface area contributed by atoms with Crippen LogP contribution in [0.2, 0.25) is 0 Å². The summed E-state index contributed by atoms with van der Waals surface area (Å²) in [4.78, 5) is 30.5. The number of nitrogens with zero attached hydrogens (tertiary/aromatic N) is 2. The number of carbonyl (C=O) groups is 2. The fourth-order valence-corrected chi connectivity index (χ4v) is 5.06. The summed E-state index contributed by atoms with van der Waals surface area (Å²) in [6, 6.07) is 17.8. The van der Waals surface area contributed by atoms with Crippen LogP contribution in [0.15, 0.2) is 72.3 Å². The molecule has 2 saturated heterocycles. The van der Waals surface area contributed by atoms with Crippen LogP contribution in [-0.4, -0.2) is 37.0 Å². The van der Waals surface area contributed by atoms with E-state index in [-0.39, 0.29) is 16.9 Å². The third-order valence-corrected chi connectivity index (χ3v) is 6.82. The van der Waals surface area contributed by atoms with E-state index in [1.165, 1.54) is 24.1 Å². The van der Waals surface area contributed by atoms with Gasteiger partial charge in [0.25, 0.3) is 11.7 Å². The monoisotopic (exact) mass is 486 g/mol. The molecule has 0 radical (unpaired) electrons. The molecule has 184 valence electrons. The fourth-order valence-electron chi connectivity index (χ4n) is 5.06. The number of benzene rings is 3. The Balaban J connectivity index is 1.67. The van der Waals surface area contributed by atoms with Gasteiger partial charge in [-0.3, -0.25) is 14.5 Å². The maximum absolute atomic E-state index is 14.1. The predicted octanol–water partition coefficient (Wildman–Crippen LogP) is 5.37. The highest BCUT2D eigenvalue weighted by Gasteiger charge is 2.47. The van der Waals surface area contributed by atoms with E-state index in [0.29, 0.717) is 11.3 Å². The highest BCUT2D eigenvalue weighted by Crippen LogP contribution is 2.43. The molecule has 1 unspecified atom stereocenters. The maximum atomic E-state index is 14.1. The molecule has 0 aromatic heterocycles. The predicted molar refractivity (Wildman–Crippen MR) is 137 cm³/mol. The fraction of sp³-hybridized carbons (Fsp3) is 0.241. The van der Waals surface area contributed by atoms with Crippen molar-refractivity contribution in [2.45, 2.75) is 25.8 Å². The summed E-state index contributed by atoms with van der Waals surface area (Å²) >= 11 is 0. The Morgan fingerprint density at radius 3 is 2.33 bits per heavy atom. The Hall–Kier alpha value is -4.13. The van der Waals surface area contributed by atoms with Gasteiger partial charge in [0, 0.05) is 24.5 Å². The zero-order chi connectivity index (χ0) is 25.4. The molecule has 2 aliphatic rings. The van der Waals surface area contributed by atoms with E-state index >= 15 is 0 Å². The minimum atomic E-state index is -0.893. The second-order valence-electron chi connectivity index (χ2n) is 9.14. The van der Waals surface area contributed by atoms with Crippen molar-refractivity contribution in [1.29, 1.82) is 0 Å². The molecular formula is C29H27FN2O4. The first-order chi connectivity index (χ1) is 17.4. The molecule has 3 aromatic carbocycles. The molecule has 7 heteroatoms. The zero-order valence-corrected chi connectivity index (χ0v) is 20.2. The van der Waals surface area contributed by atoms with Gasteiger partial charge in [-0.15, -0.1) is 0 Å². The van der Waals surface area contributed by atoms with Crippen LogP contribution in [0.1, 0.15) is 35.6 Å². The van der Waals surface area contributed by atoms with Crippen molar-refractivity contribution in [3.05, 3.63) is 94.8 Å². The number of rotatable bonds is 5. The van der Waals surface area contributed by atoms with Gasteiger partial charge in [0.2, 0.25) is 0 Å². The van der Waals surface area contributed by atoms with Crippen LogP contribution in [0.3, 0.4) is 0 Å². The maximum Gasteiger partial charge on any atom is 0.300 e. The lowest BCUT2D eigenvalue weighted by molar-refractivity contribution is -0.132. The van der Waals surface area contributed by atoms with Gasteiger partial charge in [-0.2, -0.15) is 0 Å². The number of aliphatic hydroxyl groups excluding tert-OH is 1. The zero-order valence-electron chi connectivity index (χ0n) is 20.2. The van der Waals surface area contributed by atoms with Crippen molar-refractivity contribution < 1.29 is 23.8 Å². The number of aliphatic hydroxyl groups is 1. The second kappa shape index (κ2) is 9.49. The number of ether oxygens (including phenoxy) is 1. The third-order valence-electron chi connectivity index (χ3n) is 6.82. The summed E-state index contributed by atoms with van der Waals surface area (Å²) in [6.07, 6.45) is 2.29. The molecule has 36 heavy (non-hydrogen) atoms. The molecule has 1 atom stereocenters. The summed E-state index contributed by atoms with van der Waals surface area (Å²) in [5, 5.41) is 11.3. The second-order valence-corrected chi connectivity index (χ2v) is 9.14. The van der Waals surface area contributed by atoms with E-state index in [2.05, 4.69) is 4.90 Å². The van der Waals surface area contributed by atoms with Crippen LogP contribution in [0, 0.1) is 12.7 Å². The van der Waals surface area contributed by atoms with Crippen molar-refractivity contribution in [2.24, 2.45) is 0 Å². The molecule has 5 rings (SSSR count). The Kier molecular flexibility index (Phi) is 6.22. The number of Topliss-reactive ketones (excluding diaryl/α,β-unsaturated/α-hetero) is 1. The first-order valence-corrected chi connectivity index (χ1v) is 12.0. The number of hydrogen-bond acceptors (Lipinski definition) is 5. The van der Waals surface area contributed by atoms with Gasteiger partial charge in [0.15, 0.2) is 0 Å². The highest BCUT2D eigenvalue weighted by molar-refractivity contribution is 6.51. The number of ketones is 1. The summed E-state index contributed by atoms with van der Waals surface area (Å²) in [5.74, 6) is -2.48. The summed E-state index contributed by atoms with van der Waals surface area (Å²) < 4.78 is 19.4. The molecule has 3 aromatic rings. The molecule has 0 saturated carbocycles. The van der Waals surface area contributed by atoms with Crippen molar-refractivity contribution in [3.63, 3.8) is 0 Å². The molecular weight excluding hydrogens is 459 g/mol. The largest absolute Gasteiger partial charge is 0.507 e. The van der Waals surface area contributed by atoms with Crippen LogP contribution in [0.25, 0.3) is 5.76 Å². The van der Waals surface area contributed by atoms with Gasteiger partial charge in [0.05, 0.1) is 24.3 Å². The van der Waals surface area contributed by atoms with Crippen LogP contribution in [0.5, 0.6) is 5.75 Å². The summed E-state index contributed by atoms with van der Waals surface area (Å²) in [5.41, 5.74) is 3.09. The smallest absolute Gasteiger partial charge is 0.300 e. The lowest BCUT2D eigenvalue weighted by Gasteiger charge is -2.26. The standard InChI is InChI=1S/C29H27FN2O4/c1-18-6-5-7-19(16-18)26-25(27(33)23-17-20(30)8-13-24(23)36-2)28(34)29(35)32(26)22-11-9-21(10-12-22)31-14-3-4-15-31/h5-13,16-17,26,33H,3-4,14-15H2,1-2H3/b27-25+. The number of amides is 1. The van der Waals surface area contributed by atoms with Crippen LogP contribution in [0.4, 0.5) is 15.8 Å². The van der Waals surface area contributed by atoms with E-state index < -0.39 is 29.3 Å². The van der Waals surface area contributed by atoms with Crippen molar-refractivity contribution >= 4 is 28.8 Å². The third kappa shape index (κ3) is 4.11. The quantitative estimate of drug-likeness (QED) is 0.298. The first kappa shape index (κ1) is 23.6. The number of anilines is 2. The number of carbonyl (C=O) groups excluding carboxylic acids is 2. The molecule has 0 aliphatic carbocycles. The molecule has 0 spiro atoms. The lowest BCUT2D eigenvalue weighted by Crippen LogP contribution is -2.29. The Labute approximate surface area is 209 Å². The van der Waals surface area contributed by atoms with Crippen molar-refractivity contribution in [1.82, 2.24) is 0 Å². The van der Waals surface area contributed by atoms with E-state index in [9.17, 15) is 19.1 Å². The molecule has 6 nitrogen and oxygen atoms in total. The van der Waals surface area contributed by atoms with Gasteiger partial charge in [0.1, 0.15) is 17.3 Å². The average Bonchev–Trinajstić information content (AvgIpc) is 3.51. The molecule has 2 fully saturated rings. The number of halogens is 1. The van der Waals surface area contributed by atoms with E-state index in [4.69, 9.17) is 4.74 Å².